The third kappa shape index (κ3) is 5.38. The van der Waals surface area contributed by atoms with Crippen molar-refractivity contribution in [3.63, 3.8) is 0 Å². The van der Waals surface area contributed by atoms with Crippen LogP contribution in [0.3, 0.4) is 0 Å². The van der Waals surface area contributed by atoms with Gasteiger partial charge in [0.15, 0.2) is 0 Å². The molecule has 8 heteroatoms. The smallest absolute Gasteiger partial charge is 0.258 e. The summed E-state index contributed by atoms with van der Waals surface area (Å²) in [6.45, 7) is 1.29. The van der Waals surface area contributed by atoms with Crippen LogP contribution in [0, 0.1) is 11.7 Å². The Morgan fingerprint density at radius 1 is 1.14 bits per heavy atom. The summed E-state index contributed by atoms with van der Waals surface area (Å²) >= 11 is 1.67. The largest absolute Gasteiger partial charge is 0.496 e. The van der Waals surface area contributed by atoms with Gasteiger partial charge in [0.2, 0.25) is 5.91 Å². The number of rotatable bonds is 9. The zero-order valence-electron chi connectivity index (χ0n) is 20.2. The first kappa shape index (κ1) is 24.3. The van der Waals surface area contributed by atoms with Gasteiger partial charge < -0.3 is 19.3 Å². The number of amides is 2. The molecule has 1 fully saturated rings. The van der Waals surface area contributed by atoms with E-state index in [0.29, 0.717) is 36.1 Å². The molecule has 2 aromatic carbocycles. The van der Waals surface area contributed by atoms with Crippen LogP contribution in [0.4, 0.5) is 4.39 Å². The van der Waals surface area contributed by atoms with E-state index in [2.05, 4.69) is 0 Å². The predicted octanol–water partition coefficient (Wildman–Crippen LogP) is 4.95. The second-order valence-electron chi connectivity index (χ2n) is 9.25. The van der Waals surface area contributed by atoms with Crippen molar-refractivity contribution < 1.29 is 23.5 Å². The fraction of sp³-hybridized carbons (Fsp3) is 0.357. The van der Waals surface area contributed by atoms with Crippen LogP contribution < -0.4 is 9.47 Å². The lowest BCUT2D eigenvalue weighted by atomic mass is 10.00. The maximum absolute atomic E-state index is 13.7. The van der Waals surface area contributed by atoms with E-state index in [9.17, 15) is 14.0 Å². The monoisotopic (exact) mass is 508 g/mol. The highest BCUT2D eigenvalue weighted by Gasteiger charge is 2.35. The summed E-state index contributed by atoms with van der Waals surface area (Å²) in [5, 5.41) is 2.03. The molecule has 0 bridgehead atoms. The molecular weight excluding hydrogens is 479 g/mol. The van der Waals surface area contributed by atoms with Crippen molar-refractivity contribution in [3.05, 3.63) is 81.8 Å². The normalized spacial score (nSPS) is 16.8. The van der Waals surface area contributed by atoms with Crippen LogP contribution in [-0.4, -0.2) is 55.0 Å². The Kier molecular flexibility index (Phi) is 7.23. The molecule has 1 aromatic heterocycles. The fourth-order valence-corrected chi connectivity index (χ4v) is 5.61. The number of fused-ring (bicyclic) bond motifs is 1. The van der Waals surface area contributed by atoms with Gasteiger partial charge in [0, 0.05) is 24.0 Å². The van der Waals surface area contributed by atoms with Gasteiger partial charge >= 0.3 is 0 Å². The molecule has 36 heavy (non-hydrogen) atoms. The van der Waals surface area contributed by atoms with Gasteiger partial charge in [-0.15, -0.1) is 11.3 Å². The molecule has 6 nitrogen and oxygen atoms in total. The molecule has 0 radical (unpaired) electrons. The van der Waals surface area contributed by atoms with Crippen LogP contribution in [0.25, 0.3) is 0 Å². The third-order valence-electron chi connectivity index (χ3n) is 6.75. The third-order valence-corrected chi connectivity index (χ3v) is 7.74. The number of nitrogens with zero attached hydrogens (tertiary/aromatic N) is 2. The molecule has 1 saturated carbocycles. The van der Waals surface area contributed by atoms with Gasteiger partial charge in [-0.3, -0.25) is 9.59 Å². The Labute approximate surface area is 214 Å². The van der Waals surface area contributed by atoms with E-state index in [1.807, 2.05) is 22.4 Å². The van der Waals surface area contributed by atoms with Gasteiger partial charge in [0.25, 0.3) is 5.91 Å². The zero-order valence-corrected chi connectivity index (χ0v) is 21.0. The molecular formula is C28H29FN2O4S. The molecule has 5 rings (SSSR count). The number of halogens is 1. The molecule has 1 atom stereocenters. The Bertz CT molecular complexity index is 1240. The average Bonchev–Trinajstić information content (AvgIpc) is 3.58. The Morgan fingerprint density at radius 3 is 2.75 bits per heavy atom. The van der Waals surface area contributed by atoms with Gasteiger partial charge in [-0.2, -0.15) is 0 Å². The van der Waals surface area contributed by atoms with Crippen molar-refractivity contribution in [3.8, 4) is 11.5 Å². The van der Waals surface area contributed by atoms with E-state index < -0.39 is 0 Å². The zero-order chi connectivity index (χ0) is 25.1. The van der Waals surface area contributed by atoms with Gasteiger partial charge in [-0.05, 0) is 66.5 Å². The number of thiophene rings is 1. The van der Waals surface area contributed by atoms with Crippen LogP contribution >= 0.6 is 11.3 Å². The molecule has 1 aliphatic heterocycles. The van der Waals surface area contributed by atoms with E-state index in [1.165, 1.54) is 24.1 Å². The number of methoxy groups -OCH3 is 1. The standard InChI is InChI=1S/C28H29FN2O4S/c1-34-25-8-3-2-7-23(25)28(33)30(16-19-9-10-19)17-27(32)31-13-11-26-22(12-14-36-26)24(31)18-35-21-6-4-5-20(29)15-21/h2-8,12,14-15,19,24H,9-11,13,16-18H2,1H3/t24-/m1/s1. The number of carbonyl (C=O) groups excluding carboxylic acids is 2. The summed E-state index contributed by atoms with van der Waals surface area (Å²) in [7, 11) is 1.54. The molecule has 188 valence electrons. The van der Waals surface area contributed by atoms with Crippen molar-refractivity contribution in [1.82, 2.24) is 9.80 Å². The van der Waals surface area contributed by atoms with E-state index in [-0.39, 0.29) is 36.8 Å². The van der Waals surface area contributed by atoms with E-state index in [1.54, 1.807) is 46.6 Å². The lowest BCUT2D eigenvalue weighted by molar-refractivity contribution is -0.135. The average molecular weight is 509 g/mol. The maximum atomic E-state index is 13.7. The van der Waals surface area contributed by atoms with Gasteiger partial charge in [0.05, 0.1) is 18.7 Å². The summed E-state index contributed by atoms with van der Waals surface area (Å²) in [4.78, 5) is 31.9. The number of benzene rings is 2. The minimum Gasteiger partial charge on any atom is -0.496 e. The Balaban J connectivity index is 1.35. The topological polar surface area (TPSA) is 59.1 Å². The minimum absolute atomic E-state index is 0.0106. The SMILES string of the molecule is COc1ccccc1C(=O)N(CC(=O)N1CCc2sccc2[C@H]1COc1cccc(F)c1)CC1CC1. The molecule has 0 unspecified atom stereocenters. The summed E-state index contributed by atoms with van der Waals surface area (Å²) in [5.74, 6) is 0.654. The van der Waals surface area contributed by atoms with Gasteiger partial charge in [-0.1, -0.05) is 18.2 Å². The molecule has 0 saturated heterocycles. The van der Waals surface area contributed by atoms with E-state index in [0.717, 1.165) is 24.8 Å². The second kappa shape index (κ2) is 10.7. The van der Waals surface area contributed by atoms with Crippen LogP contribution in [0.2, 0.25) is 0 Å². The highest BCUT2D eigenvalue weighted by molar-refractivity contribution is 7.10. The second-order valence-corrected chi connectivity index (χ2v) is 10.3. The molecule has 2 amide bonds. The van der Waals surface area contributed by atoms with Crippen LogP contribution in [-0.2, 0) is 11.2 Å². The first-order chi connectivity index (χ1) is 17.5. The Hall–Kier alpha value is -3.39. The summed E-state index contributed by atoms with van der Waals surface area (Å²) in [5.41, 5.74) is 1.51. The van der Waals surface area contributed by atoms with Crippen LogP contribution in [0.15, 0.2) is 60.0 Å². The van der Waals surface area contributed by atoms with Crippen molar-refractivity contribution in [2.75, 3.05) is 33.4 Å². The number of hydrogen-bond donors (Lipinski definition) is 0. The number of hydrogen-bond acceptors (Lipinski definition) is 5. The molecule has 2 aliphatic rings. The lowest BCUT2D eigenvalue weighted by Crippen LogP contribution is -2.48. The lowest BCUT2D eigenvalue weighted by Gasteiger charge is -2.37. The first-order valence-corrected chi connectivity index (χ1v) is 13.1. The molecule has 0 spiro atoms. The summed E-state index contributed by atoms with van der Waals surface area (Å²) in [6.07, 6.45) is 2.89. The predicted molar refractivity (Wildman–Crippen MR) is 136 cm³/mol. The quantitative estimate of drug-likeness (QED) is 0.410. The number of para-hydroxylation sites is 1. The summed E-state index contributed by atoms with van der Waals surface area (Å²) in [6, 6.07) is 14.9. The van der Waals surface area contributed by atoms with Crippen LogP contribution in [0.1, 0.15) is 39.7 Å². The molecule has 1 aliphatic carbocycles. The van der Waals surface area contributed by atoms with Crippen molar-refractivity contribution in [2.24, 2.45) is 5.92 Å². The van der Waals surface area contributed by atoms with Gasteiger partial charge in [-0.25, -0.2) is 4.39 Å². The first-order valence-electron chi connectivity index (χ1n) is 12.2. The van der Waals surface area contributed by atoms with Crippen molar-refractivity contribution >= 4 is 23.2 Å². The molecule has 0 N–H and O–H groups in total. The van der Waals surface area contributed by atoms with Gasteiger partial charge in [0.1, 0.15) is 30.5 Å². The minimum atomic E-state index is -0.370. The molecule has 2 heterocycles. The summed E-state index contributed by atoms with van der Waals surface area (Å²) < 4.78 is 25.0. The number of ether oxygens (including phenoxy) is 2. The highest BCUT2D eigenvalue weighted by Crippen LogP contribution is 2.35. The van der Waals surface area contributed by atoms with Crippen LogP contribution in [0.5, 0.6) is 11.5 Å². The molecule has 3 aromatic rings. The van der Waals surface area contributed by atoms with E-state index in [4.69, 9.17) is 9.47 Å². The fourth-order valence-electron chi connectivity index (χ4n) is 4.68. The number of carbonyl (C=O) groups is 2. The maximum Gasteiger partial charge on any atom is 0.258 e. The van der Waals surface area contributed by atoms with Crippen molar-refractivity contribution in [2.45, 2.75) is 25.3 Å². The van der Waals surface area contributed by atoms with E-state index >= 15 is 0 Å². The highest BCUT2D eigenvalue weighted by atomic mass is 32.1. The Morgan fingerprint density at radius 2 is 1.97 bits per heavy atom. The van der Waals surface area contributed by atoms with Crippen molar-refractivity contribution in [1.29, 1.82) is 0 Å².